The highest BCUT2D eigenvalue weighted by Gasteiger charge is 2.15. The molecule has 0 bridgehead atoms. The van der Waals surface area contributed by atoms with Crippen LogP contribution in [0.1, 0.15) is 42.3 Å². The van der Waals surface area contributed by atoms with E-state index < -0.39 is 11.7 Å². The van der Waals surface area contributed by atoms with Gasteiger partial charge in [0, 0.05) is 23.7 Å². The van der Waals surface area contributed by atoms with Gasteiger partial charge in [-0.3, -0.25) is 4.79 Å². The molecule has 0 atom stereocenters. The Kier molecular flexibility index (Phi) is 6.64. The van der Waals surface area contributed by atoms with Crippen LogP contribution < -0.4 is 10.6 Å². The number of carbonyl (C=O) groups excluding carboxylic acids is 2. The van der Waals surface area contributed by atoms with Crippen molar-refractivity contribution < 1.29 is 14.3 Å². The highest BCUT2D eigenvalue weighted by atomic mass is 35.5. The Hall–Kier alpha value is -2.53. The molecule has 2 N–H and O–H groups in total. The molecule has 2 aromatic carbocycles. The van der Waals surface area contributed by atoms with E-state index in [0.717, 1.165) is 11.1 Å². The molecule has 0 saturated carbocycles. The number of amides is 2. The van der Waals surface area contributed by atoms with E-state index in [0.29, 0.717) is 23.7 Å². The van der Waals surface area contributed by atoms with Gasteiger partial charge in [0.1, 0.15) is 5.60 Å². The maximum Gasteiger partial charge on any atom is 0.407 e. The zero-order valence-electron chi connectivity index (χ0n) is 15.1. The number of benzene rings is 2. The molecule has 0 aliphatic rings. The molecule has 2 rings (SSSR count). The van der Waals surface area contributed by atoms with Crippen LogP contribution in [0.25, 0.3) is 0 Å². The number of carbonyl (C=O) groups is 2. The molecular formula is C20H23ClN2O3. The molecule has 0 heterocycles. The largest absolute Gasteiger partial charge is 0.444 e. The Morgan fingerprint density at radius 3 is 2.23 bits per heavy atom. The summed E-state index contributed by atoms with van der Waals surface area (Å²) >= 11 is 6.08. The molecule has 0 unspecified atom stereocenters. The van der Waals surface area contributed by atoms with E-state index in [4.69, 9.17) is 16.3 Å². The van der Waals surface area contributed by atoms with E-state index >= 15 is 0 Å². The predicted octanol–water partition coefficient (Wildman–Crippen LogP) is 4.29. The zero-order valence-corrected chi connectivity index (χ0v) is 15.9. The van der Waals surface area contributed by atoms with Crippen molar-refractivity contribution in [3.63, 3.8) is 0 Å². The van der Waals surface area contributed by atoms with E-state index in [-0.39, 0.29) is 5.91 Å². The molecule has 0 aromatic heterocycles. The number of ether oxygens (including phenoxy) is 1. The van der Waals surface area contributed by atoms with Gasteiger partial charge in [-0.1, -0.05) is 41.9 Å². The summed E-state index contributed by atoms with van der Waals surface area (Å²) in [5.41, 5.74) is 1.74. The summed E-state index contributed by atoms with van der Waals surface area (Å²) in [6, 6.07) is 14.4. The van der Waals surface area contributed by atoms with Crippen LogP contribution in [-0.2, 0) is 17.8 Å². The maximum absolute atomic E-state index is 12.2. The molecule has 0 radical (unpaired) electrons. The Morgan fingerprint density at radius 2 is 1.62 bits per heavy atom. The van der Waals surface area contributed by atoms with E-state index in [1.165, 1.54) is 0 Å². The molecule has 2 amide bonds. The third-order valence-corrected chi connectivity index (χ3v) is 3.82. The first kappa shape index (κ1) is 19.8. The second-order valence-corrected chi connectivity index (χ2v) is 7.23. The first-order chi connectivity index (χ1) is 12.2. The van der Waals surface area contributed by atoms with Gasteiger partial charge in [0.2, 0.25) is 0 Å². The standard InChI is InChI=1S/C20H23ClN2O3/c1-20(2,3)26-19(25)23-12-14-8-10-15(11-9-14)18(24)22-13-16-6-4-5-7-17(16)21/h4-11H,12-13H2,1-3H3,(H,22,24)(H,23,25). The molecular weight excluding hydrogens is 352 g/mol. The normalized spacial score (nSPS) is 10.9. The molecule has 26 heavy (non-hydrogen) atoms. The van der Waals surface area contributed by atoms with E-state index in [2.05, 4.69) is 10.6 Å². The molecule has 138 valence electrons. The SMILES string of the molecule is CC(C)(C)OC(=O)NCc1ccc(C(=O)NCc2ccccc2Cl)cc1. The molecule has 0 fully saturated rings. The van der Waals surface area contributed by atoms with Gasteiger partial charge in [-0.05, 0) is 50.1 Å². The molecule has 0 aliphatic carbocycles. The lowest BCUT2D eigenvalue weighted by atomic mass is 10.1. The van der Waals surface area contributed by atoms with E-state index in [9.17, 15) is 9.59 Å². The van der Waals surface area contributed by atoms with Gasteiger partial charge >= 0.3 is 6.09 Å². The number of hydrogen-bond donors (Lipinski definition) is 2. The number of hydrogen-bond acceptors (Lipinski definition) is 3. The van der Waals surface area contributed by atoms with Gasteiger partial charge in [-0.2, -0.15) is 0 Å². The molecule has 5 nitrogen and oxygen atoms in total. The summed E-state index contributed by atoms with van der Waals surface area (Å²) < 4.78 is 5.18. The first-order valence-corrected chi connectivity index (χ1v) is 8.70. The second kappa shape index (κ2) is 8.72. The van der Waals surface area contributed by atoms with Crippen molar-refractivity contribution in [3.05, 3.63) is 70.2 Å². The van der Waals surface area contributed by atoms with Gasteiger partial charge in [0.25, 0.3) is 5.91 Å². The summed E-state index contributed by atoms with van der Waals surface area (Å²) in [7, 11) is 0. The number of halogens is 1. The lowest BCUT2D eigenvalue weighted by Gasteiger charge is -2.19. The van der Waals surface area contributed by atoms with Crippen LogP contribution in [0.5, 0.6) is 0 Å². The Bertz CT molecular complexity index is 767. The monoisotopic (exact) mass is 374 g/mol. The van der Waals surface area contributed by atoms with Crippen molar-refractivity contribution in [1.29, 1.82) is 0 Å². The minimum absolute atomic E-state index is 0.184. The quantitative estimate of drug-likeness (QED) is 0.820. The van der Waals surface area contributed by atoms with E-state index in [1.807, 2.05) is 39.0 Å². The fraction of sp³-hybridized carbons (Fsp3) is 0.300. The average molecular weight is 375 g/mol. The zero-order chi connectivity index (χ0) is 19.2. The van der Waals surface area contributed by atoms with Crippen LogP contribution in [0.2, 0.25) is 5.02 Å². The lowest BCUT2D eigenvalue weighted by Crippen LogP contribution is -2.32. The van der Waals surface area contributed by atoms with Gasteiger partial charge in [0.15, 0.2) is 0 Å². The number of alkyl carbamates (subject to hydrolysis) is 1. The minimum Gasteiger partial charge on any atom is -0.444 e. The van der Waals surface area contributed by atoms with Crippen molar-refractivity contribution in [2.24, 2.45) is 0 Å². The van der Waals surface area contributed by atoms with Crippen molar-refractivity contribution in [3.8, 4) is 0 Å². The van der Waals surface area contributed by atoms with Crippen molar-refractivity contribution in [2.45, 2.75) is 39.5 Å². The van der Waals surface area contributed by atoms with E-state index in [1.54, 1.807) is 30.3 Å². The van der Waals surface area contributed by atoms with Crippen molar-refractivity contribution in [2.75, 3.05) is 0 Å². The summed E-state index contributed by atoms with van der Waals surface area (Å²) in [4.78, 5) is 23.9. The topological polar surface area (TPSA) is 67.4 Å². The smallest absolute Gasteiger partial charge is 0.407 e. The lowest BCUT2D eigenvalue weighted by molar-refractivity contribution is 0.0523. The summed E-state index contributed by atoms with van der Waals surface area (Å²) in [6.07, 6.45) is -0.473. The van der Waals surface area contributed by atoms with Gasteiger partial charge in [0.05, 0.1) is 0 Å². The van der Waals surface area contributed by atoms with Gasteiger partial charge in [-0.15, -0.1) is 0 Å². The number of rotatable bonds is 5. The predicted molar refractivity (Wildman–Crippen MR) is 102 cm³/mol. The summed E-state index contributed by atoms with van der Waals surface area (Å²) in [6.45, 7) is 6.12. The third kappa shape index (κ3) is 6.41. The maximum atomic E-state index is 12.2. The fourth-order valence-electron chi connectivity index (χ4n) is 2.18. The molecule has 2 aromatic rings. The highest BCUT2D eigenvalue weighted by Crippen LogP contribution is 2.14. The van der Waals surface area contributed by atoms with Crippen LogP contribution in [0.3, 0.4) is 0 Å². The number of nitrogens with one attached hydrogen (secondary N) is 2. The first-order valence-electron chi connectivity index (χ1n) is 8.32. The fourth-order valence-corrected chi connectivity index (χ4v) is 2.38. The Labute approximate surface area is 158 Å². The highest BCUT2D eigenvalue weighted by molar-refractivity contribution is 6.31. The average Bonchev–Trinajstić information content (AvgIpc) is 2.58. The summed E-state index contributed by atoms with van der Waals surface area (Å²) in [5, 5.41) is 6.14. The van der Waals surface area contributed by atoms with Crippen molar-refractivity contribution >= 4 is 23.6 Å². The molecule has 0 saturated heterocycles. The van der Waals surface area contributed by atoms with Crippen molar-refractivity contribution in [1.82, 2.24) is 10.6 Å². The van der Waals surface area contributed by atoms with Crippen LogP contribution in [0, 0.1) is 0 Å². The minimum atomic E-state index is -0.534. The van der Waals surface area contributed by atoms with Gasteiger partial charge in [-0.25, -0.2) is 4.79 Å². The third-order valence-electron chi connectivity index (χ3n) is 3.45. The van der Waals surface area contributed by atoms with Crippen LogP contribution in [0.4, 0.5) is 4.79 Å². The molecule has 0 aliphatic heterocycles. The second-order valence-electron chi connectivity index (χ2n) is 6.83. The Balaban J connectivity index is 1.85. The molecule has 6 heteroatoms. The molecule has 0 spiro atoms. The van der Waals surface area contributed by atoms with Crippen LogP contribution >= 0.6 is 11.6 Å². The van der Waals surface area contributed by atoms with Crippen LogP contribution in [-0.4, -0.2) is 17.6 Å². The van der Waals surface area contributed by atoms with Gasteiger partial charge < -0.3 is 15.4 Å². The Morgan fingerprint density at radius 1 is 0.962 bits per heavy atom. The van der Waals surface area contributed by atoms with Crippen LogP contribution in [0.15, 0.2) is 48.5 Å². The summed E-state index contributed by atoms with van der Waals surface area (Å²) in [5.74, 6) is -0.184.